The topological polar surface area (TPSA) is 42.2 Å². The molecule has 0 saturated heterocycles. The molecule has 0 saturated carbocycles. The van der Waals surface area contributed by atoms with E-state index in [1.54, 1.807) is 6.08 Å². The summed E-state index contributed by atoms with van der Waals surface area (Å²) < 4.78 is 2.05. The molecule has 0 aliphatic rings. The van der Waals surface area contributed by atoms with Gasteiger partial charge < -0.3 is 9.67 Å². The molecule has 1 heterocycles. The van der Waals surface area contributed by atoms with Crippen molar-refractivity contribution in [3.63, 3.8) is 0 Å². The Morgan fingerprint density at radius 2 is 2.05 bits per heavy atom. The number of carboxylic acids is 1. The molecule has 0 bridgehead atoms. The van der Waals surface area contributed by atoms with Crippen molar-refractivity contribution >= 4 is 23.6 Å². The van der Waals surface area contributed by atoms with Gasteiger partial charge in [0, 0.05) is 28.2 Å². The van der Waals surface area contributed by atoms with Gasteiger partial charge in [-0.2, -0.15) is 0 Å². The van der Waals surface area contributed by atoms with Crippen molar-refractivity contribution in [1.82, 2.24) is 4.57 Å². The molecule has 0 aliphatic carbocycles. The molecular formula is C15H14ClNO2. The average molecular weight is 276 g/mol. The van der Waals surface area contributed by atoms with Crippen molar-refractivity contribution in [3.05, 3.63) is 58.4 Å². The molecule has 19 heavy (non-hydrogen) atoms. The van der Waals surface area contributed by atoms with E-state index in [2.05, 4.69) is 0 Å². The maximum Gasteiger partial charge on any atom is 0.328 e. The first-order valence-electron chi connectivity index (χ1n) is 5.85. The molecule has 2 aromatic rings. The molecule has 0 fully saturated rings. The zero-order valence-corrected chi connectivity index (χ0v) is 11.5. The Balaban J connectivity index is 2.51. The van der Waals surface area contributed by atoms with Gasteiger partial charge in [-0.05, 0) is 49.8 Å². The van der Waals surface area contributed by atoms with Crippen molar-refractivity contribution in [2.75, 3.05) is 0 Å². The highest BCUT2D eigenvalue weighted by Crippen LogP contribution is 2.23. The Morgan fingerprint density at radius 1 is 1.32 bits per heavy atom. The number of aromatic nitrogens is 1. The summed E-state index contributed by atoms with van der Waals surface area (Å²) >= 11 is 6.00. The molecule has 3 nitrogen and oxygen atoms in total. The third kappa shape index (κ3) is 2.88. The highest BCUT2D eigenvalue weighted by atomic mass is 35.5. The largest absolute Gasteiger partial charge is 0.478 e. The second-order valence-electron chi connectivity index (χ2n) is 4.31. The number of rotatable bonds is 3. The number of hydrogen-bond acceptors (Lipinski definition) is 1. The molecule has 1 aromatic carbocycles. The first-order valence-corrected chi connectivity index (χ1v) is 6.22. The number of aryl methyl sites for hydroxylation is 1. The predicted octanol–water partition coefficient (Wildman–Crippen LogP) is 3.85. The Bertz CT molecular complexity index is 656. The minimum Gasteiger partial charge on any atom is -0.478 e. The summed E-state index contributed by atoms with van der Waals surface area (Å²) in [5.74, 6) is -0.951. The van der Waals surface area contributed by atoms with Gasteiger partial charge in [0.1, 0.15) is 0 Å². The lowest BCUT2D eigenvalue weighted by Crippen LogP contribution is -1.98. The van der Waals surface area contributed by atoms with Crippen LogP contribution in [-0.2, 0) is 4.79 Å². The fourth-order valence-corrected chi connectivity index (χ4v) is 2.31. The zero-order valence-electron chi connectivity index (χ0n) is 10.7. The van der Waals surface area contributed by atoms with Crippen LogP contribution >= 0.6 is 11.6 Å². The molecular weight excluding hydrogens is 262 g/mol. The van der Waals surface area contributed by atoms with E-state index in [1.807, 2.05) is 48.7 Å². The fraction of sp³-hybridized carbons (Fsp3) is 0.133. The first-order chi connectivity index (χ1) is 8.99. The van der Waals surface area contributed by atoms with E-state index >= 15 is 0 Å². The average Bonchev–Trinajstić information content (AvgIpc) is 2.62. The van der Waals surface area contributed by atoms with Crippen LogP contribution in [0.15, 0.2) is 36.4 Å². The molecule has 0 spiro atoms. The van der Waals surface area contributed by atoms with E-state index in [0.717, 1.165) is 28.7 Å². The summed E-state index contributed by atoms with van der Waals surface area (Å²) in [7, 11) is 0. The summed E-state index contributed by atoms with van der Waals surface area (Å²) in [6, 6.07) is 9.52. The summed E-state index contributed by atoms with van der Waals surface area (Å²) in [5.41, 5.74) is 3.87. The van der Waals surface area contributed by atoms with Crippen LogP contribution in [-0.4, -0.2) is 15.6 Å². The minimum atomic E-state index is -0.951. The van der Waals surface area contributed by atoms with Gasteiger partial charge in [0.05, 0.1) is 0 Å². The van der Waals surface area contributed by atoms with Gasteiger partial charge in [0.15, 0.2) is 0 Å². The molecule has 0 aliphatic heterocycles. The zero-order chi connectivity index (χ0) is 14.0. The van der Waals surface area contributed by atoms with E-state index in [-0.39, 0.29) is 0 Å². The van der Waals surface area contributed by atoms with Crippen LogP contribution in [0.2, 0.25) is 5.02 Å². The molecule has 0 atom stereocenters. The number of benzene rings is 1. The maximum atomic E-state index is 10.6. The normalized spacial score (nSPS) is 11.1. The van der Waals surface area contributed by atoms with Gasteiger partial charge in [0.2, 0.25) is 0 Å². The third-order valence-electron chi connectivity index (χ3n) is 2.94. The molecule has 1 aromatic heterocycles. The molecule has 0 amide bonds. The lowest BCUT2D eigenvalue weighted by molar-refractivity contribution is -0.131. The standard InChI is InChI=1S/C15H14ClNO2/c1-10-8-12(6-7-15(18)19)11(2)17(10)14-5-3-4-13(16)9-14/h3-9H,1-2H3,(H,18,19)/b7-6+. The van der Waals surface area contributed by atoms with E-state index in [1.165, 1.54) is 0 Å². The Kier molecular flexibility index (Phi) is 3.76. The van der Waals surface area contributed by atoms with Crippen LogP contribution in [0.5, 0.6) is 0 Å². The minimum absolute atomic E-state index is 0.674. The van der Waals surface area contributed by atoms with E-state index < -0.39 is 5.97 Å². The highest BCUT2D eigenvalue weighted by molar-refractivity contribution is 6.30. The number of halogens is 1. The van der Waals surface area contributed by atoms with Gasteiger partial charge in [-0.1, -0.05) is 17.7 Å². The number of hydrogen-bond donors (Lipinski definition) is 1. The highest BCUT2D eigenvalue weighted by Gasteiger charge is 2.09. The van der Waals surface area contributed by atoms with Crippen molar-refractivity contribution in [2.45, 2.75) is 13.8 Å². The lowest BCUT2D eigenvalue weighted by Gasteiger charge is -2.09. The van der Waals surface area contributed by atoms with Gasteiger partial charge >= 0.3 is 5.97 Å². The monoisotopic (exact) mass is 275 g/mol. The van der Waals surface area contributed by atoms with Crippen LogP contribution < -0.4 is 0 Å². The molecule has 4 heteroatoms. The van der Waals surface area contributed by atoms with Gasteiger partial charge in [-0.25, -0.2) is 4.79 Å². The Morgan fingerprint density at radius 3 is 2.68 bits per heavy atom. The quantitative estimate of drug-likeness (QED) is 0.865. The van der Waals surface area contributed by atoms with E-state index in [9.17, 15) is 4.79 Å². The molecule has 0 unspecified atom stereocenters. The number of carboxylic acid groups (broad SMARTS) is 1. The van der Waals surface area contributed by atoms with Crippen LogP contribution in [0.3, 0.4) is 0 Å². The van der Waals surface area contributed by atoms with Crippen molar-refractivity contribution in [3.8, 4) is 5.69 Å². The van der Waals surface area contributed by atoms with Gasteiger partial charge in [0.25, 0.3) is 0 Å². The Labute approximate surface area is 116 Å². The second kappa shape index (κ2) is 5.33. The number of nitrogens with zero attached hydrogens (tertiary/aromatic N) is 1. The van der Waals surface area contributed by atoms with Gasteiger partial charge in [-0.15, -0.1) is 0 Å². The predicted molar refractivity (Wildman–Crippen MR) is 76.9 cm³/mol. The van der Waals surface area contributed by atoms with Crippen LogP contribution in [0, 0.1) is 13.8 Å². The lowest BCUT2D eigenvalue weighted by atomic mass is 10.2. The second-order valence-corrected chi connectivity index (χ2v) is 4.75. The van der Waals surface area contributed by atoms with Crippen molar-refractivity contribution < 1.29 is 9.90 Å². The van der Waals surface area contributed by atoms with Crippen molar-refractivity contribution in [1.29, 1.82) is 0 Å². The number of aliphatic carboxylic acids is 1. The summed E-state index contributed by atoms with van der Waals surface area (Å²) in [5, 5.41) is 9.36. The van der Waals surface area contributed by atoms with E-state index in [0.29, 0.717) is 5.02 Å². The fourth-order valence-electron chi connectivity index (χ4n) is 2.13. The maximum absolute atomic E-state index is 10.6. The smallest absolute Gasteiger partial charge is 0.328 e. The molecule has 2 rings (SSSR count). The van der Waals surface area contributed by atoms with Gasteiger partial charge in [-0.3, -0.25) is 0 Å². The number of carbonyl (C=O) groups is 1. The van der Waals surface area contributed by atoms with Crippen LogP contribution in [0.1, 0.15) is 17.0 Å². The van der Waals surface area contributed by atoms with Crippen LogP contribution in [0.4, 0.5) is 0 Å². The third-order valence-corrected chi connectivity index (χ3v) is 3.18. The summed E-state index contributed by atoms with van der Waals surface area (Å²) in [6.45, 7) is 3.93. The summed E-state index contributed by atoms with van der Waals surface area (Å²) in [6.07, 6.45) is 2.75. The Hall–Kier alpha value is -2.00. The van der Waals surface area contributed by atoms with E-state index in [4.69, 9.17) is 16.7 Å². The molecule has 98 valence electrons. The SMILES string of the molecule is Cc1cc(/C=C/C(=O)O)c(C)n1-c1cccc(Cl)c1. The van der Waals surface area contributed by atoms with Crippen molar-refractivity contribution in [2.24, 2.45) is 0 Å². The van der Waals surface area contributed by atoms with Crippen LogP contribution in [0.25, 0.3) is 11.8 Å². The molecule has 0 radical (unpaired) electrons. The molecule has 1 N–H and O–H groups in total. The summed E-state index contributed by atoms with van der Waals surface area (Å²) in [4.78, 5) is 10.6. The first kappa shape index (κ1) is 13.4.